The van der Waals surface area contributed by atoms with E-state index in [1.54, 1.807) is 4.80 Å². The van der Waals surface area contributed by atoms with Gasteiger partial charge in [-0.05, 0) is 49.6 Å². The highest BCUT2D eigenvalue weighted by Gasteiger charge is 2.10. The number of unbranched alkanes of at least 4 members (excludes halogenated alkanes) is 3. The molecule has 0 spiro atoms. The van der Waals surface area contributed by atoms with Gasteiger partial charge in [-0.3, -0.25) is 0 Å². The van der Waals surface area contributed by atoms with Gasteiger partial charge in [0.1, 0.15) is 29.1 Å². The molecule has 0 saturated heterocycles. The first-order valence-corrected chi connectivity index (χ1v) is 8.99. The SMILES string of the molecule is CCCCCC=CCOc1ccc(C)cc1-n1nc2ccccc2n1. The number of fused-ring (bicyclic) bond motifs is 1. The van der Waals surface area contributed by atoms with Gasteiger partial charge in [0, 0.05) is 0 Å². The van der Waals surface area contributed by atoms with Crippen LogP contribution < -0.4 is 4.74 Å². The van der Waals surface area contributed by atoms with E-state index in [-0.39, 0.29) is 0 Å². The minimum Gasteiger partial charge on any atom is -0.487 e. The maximum absolute atomic E-state index is 5.96. The number of benzene rings is 2. The van der Waals surface area contributed by atoms with Gasteiger partial charge in [-0.1, -0.05) is 50.1 Å². The molecule has 1 heterocycles. The maximum atomic E-state index is 5.96. The smallest absolute Gasteiger partial charge is 0.147 e. The molecule has 0 aliphatic rings. The molecule has 0 atom stereocenters. The molecule has 0 amide bonds. The Morgan fingerprint density at radius 2 is 1.76 bits per heavy atom. The fourth-order valence-corrected chi connectivity index (χ4v) is 2.71. The number of rotatable bonds is 8. The third-order valence-corrected chi connectivity index (χ3v) is 4.09. The molecule has 4 nitrogen and oxygen atoms in total. The summed E-state index contributed by atoms with van der Waals surface area (Å²) in [7, 11) is 0. The van der Waals surface area contributed by atoms with Crippen molar-refractivity contribution in [2.75, 3.05) is 6.61 Å². The molecule has 0 unspecified atom stereocenters. The van der Waals surface area contributed by atoms with Crippen LogP contribution in [0.5, 0.6) is 5.75 Å². The summed E-state index contributed by atoms with van der Waals surface area (Å²) >= 11 is 0. The minimum absolute atomic E-state index is 0.559. The molecule has 1 aromatic heterocycles. The highest BCUT2D eigenvalue weighted by Crippen LogP contribution is 2.24. The third kappa shape index (κ3) is 4.47. The van der Waals surface area contributed by atoms with Crippen molar-refractivity contribution in [3.05, 3.63) is 60.2 Å². The average molecular weight is 335 g/mol. The summed E-state index contributed by atoms with van der Waals surface area (Å²) in [4.78, 5) is 1.66. The molecule has 130 valence electrons. The van der Waals surface area contributed by atoms with E-state index in [0.717, 1.165) is 34.5 Å². The van der Waals surface area contributed by atoms with Crippen molar-refractivity contribution >= 4 is 11.0 Å². The topological polar surface area (TPSA) is 39.9 Å². The predicted molar refractivity (Wildman–Crippen MR) is 102 cm³/mol. The van der Waals surface area contributed by atoms with E-state index in [2.05, 4.69) is 42.3 Å². The monoisotopic (exact) mass is 335 g/mol. The van der Waals surface area contributed by atoms with Crippen molar-refractivity contribution in [1.82, 2.24) is 15.0 Å². The van der Waals surface area contributed by atoms with E-state index in [1.165, 1.54) is 19.3 Å². The molecule has 0 fully saturated rings. The lowest BCUT2D eigenvalue weighted by Crippen LogP contribution is -2.04. The van der Waals surface area contributed by atoms with Crippen LogP contribution in [0.1, 0.15) is 38.2 Å². The Balaban J connectivity index is 1.74. The maximum Gasteiger partial charge on any atom is 0.147 e. The summed E-state index contributed by atoms with van der Waals surface area (Å²) in [5.41, 5.74) is 3.78. The number of hydrogen-bond donors (Lipinski definition) is 0. The van der Waals surface area contributed by atoms with Crippen LogP contribution in [0.2, 0.25) is 0 Å². The van der Waals surface area contributed by atoms with Gasteiger partial charge in [0.05, 0.1) is 0 Å². The van der Waals surface area contributed by atoms with Crippen LogP contribution in [0, 0.1) is 6.92 Å². The summed E-state index contributed by atoms with van der Waals surface area (Å²) in [6.07, 6.45) is 9.18. The summed E-state index contributed by atoms with van der Waals surface area (Å²) in [5.74, 6) is 0.795. The van der Waals surface area contributed by atoms with E-state index >= 15 is 0 Å². The molecule has 0 saturated carbocycles. The van der Waals surface area contributed by atoms with Crippen LogP contribution in [0.25, 0.3) is 16.7 Å². The van der Waals surface area contributed by atoms with Crippen LogP contribution >= 0.6 is 0 Å². The van der Waals surface area contributed by atoms with Gasteiger partial charge in [0.15, 0.2) is 0 Å². The lowest BCUT2D eigenvalue weighted by atomic mass is 10.2. The molecule has 3 rings (SSSR count). The summed E-state index contributed by atoms with van der Waals surface area (Å²) in [5, 5.41) is 9.14. The highest BCUT2D eigenvalue weighted by molar-refractivity contribution is 5.73. The molecule has 0 aliphatic carbocycles. The van der Waals surface area contributed by atoms with Gasteiger partial charge in [-0.25, -0.2) is 0 Å². The first-order valence-electron chi connectivity index (χ1n) is 8.99. The first-order chi connectivity index (χ1) is 12.3. The summed E-state index contributed by atoms with van der Waals surface area (Å²) in [6, 6.07) is 14.0. The quantitative estimate of drug-likeness (QED) is 0.417. The number of hydrogen-bond acceptors (Lipinski definition) is 3. The molecule has 0 N–H and O–H groups in total. The number of allylic oxidation sites excluding steroid dienone is 1. The molecular formula is C21H25N3O. The van der Waals surface area contributed by atoms with Gasteiger partial charge >= 0.3 is 0 Å². The third-order valence-electron chi connectivity index (χ3n) is 4.09. The van der Waals surface area contributed by atoms with E-state index in [9.17, 15) is 0 Å². The average Bonchev–Trinajstić information content (AvgIpc) is 3.06. The molecule has 3 aromatic rings. The number of aryl methyl sites for hydroxylation is 1. The second-order valence-corrected chi connectivity index (χ2v) is 6.23. The van der Waals surface area contributed by atoms with Crippen LogP contribution in [0.4, 0.5) is 0 Å². The van der Waals surface area contributed by atoms with E-state index < -0.39 is 0 Å². The van der Waals surface area contributed by atoms with Crippen LogP contribution in [-0.4, -0.2) is 21.6 Å². The Morgan fingerprint density at radius 1 is 1.00 bits per heavy atom. The molecule has 0 aliphatic heterocycles. The fourth-order valence-electron chi connectivity index (χ4n) is 2.71. The molecule has 0 bridgehead atoms. The zero-order valence-corrected chi connectivity index (χ0v) is 15.0. The predicted octanol–water partition coefficient (Wildman–Crippen LogP) is 5.24. The zero-order chi connectivity index (χ0) is 17.5. The molecule has 2 aromatic carbocycles. The minimum atomic E-state index is 0.559. The van der Waals surface area contributed by atoms with Crippen molar-refractivity contribution in [3.63, 3.8) is 0 Å². The van der Waals surface area contributed by atoms with Gasteiger partial charge in [-0.15, -0.1) is 15.0 Å². The molecule has 4 heteroatoms. The van der Waals surface area contributed by atoms with Crippen molar-refractivity contribution in [2.24, 2.45) is 0 Å². The summed E-state index contributed by atoms with van der Waals surface area (Å²) in [6.45, 7) is 4.84. The van der Waals surface area contributed by atoms with Gasteiger partial charge in [0.2, 0.25) is 0 Å². The molecular weight excluding hydrogens is 310 g/mol. The highest BCUT2D eigenvalue weighted by atomic mass is 16.5. The summed E-state index contributed by atoms with van der Waals surface area (Å²) < 4.78 is 5.96. The van der Waals surface area contributed by atoms with Crippen LogP contribution in [-0.2, 0) is 0 Å². The second-order valence-electron chi connectivity index (χ2n) is 6.23. The zero-order valence-electron chi connectivity index (χ0n) is 15.0. The van der Waals surface area contributed by atoms with Crippen LogP contribution in [0.15, 0.2) is 54.6 Å². The Labute approximate surface area is 149 Å². The second kappa shape index (κ2) is 8.47. The van der Waals surface area contributed by atoms with Gasteiger partial charge < -0.3 is 4.74 Å². The number of aromatic nitrogens is 3. The Kier molecular flexibility index (Phi) is 5.83. The molecule has 25 heavy (non-hydrogen) atoms. The largest absolute Gasteiger partial charge is 0.487 e. The van der Waals surface area contributed by atoms with E-state index in [1.807, 2.05) is 36.4 Å². The molecule has 0 radical (unpaired) electrons. The Hall–Kier alpha value is -2.62. The standard InChI is InChI=1S/C21H25N3O/c1-3-4-5-6-7-10-15-25-21-14-13-17(2)16-20(21)24-22-18-11-8-9-12-19(18)23-24/h7-14,16H,3-6,15H2,1-2H3. The van der Waals surface area contributed by atoms with Crippen molar-refractivity contribution < 1.29 is 4.74 Å². The van der Waals surface area contributed by atoms with E-state index in [4.69, 9.17) is 4.74 Å². The Bertz CT molecular complexity index is 818. The van der Waals surface area contributed by atoms with Crippen LogP contribution in [0.3, 0.4) is 0 Å². The first kappa shape index (κ1) is 17.2. The number of ether oxygens (including phenoxy) is 1. The van der Waals surface area contributed by atoms with E-state index in [0.29, 0.717) is 6.61 Å². The lowest BCUT2D eigenvalue weighted by Gasteiger charge is -2.10. The Morgan fingerprint density at radius 3 is 2.48 bits per heavy atom. The van der Waals surface area contributed by atoms with Crippen molar-refractivity contribution in [2.45, 2.75) is 39.5 Å². The van der Waals surface area contributed by atoms with Crippen molar-refractivity contribution in [3.8, 4) is 11.4 Å². The van der Waals surface area contributed by atoms with Gasteiger partial charge in [0.25, 0.3) is 0 Å². The number of nitrogens with zero attached hydrogens (tertiary/aromatic N) is 3. The van der Waals surface area contributed by atoms with Gasteiger partial charge in [-0.2, -0.15) is 0 Å². The lowest BCUT2D eigenvalue weighted by molar-refractivity contribution is 0.359. The fraction of sp³-hybridized carbons (Fsp3) is 0.333. The van der Waals surface area contributed by atoms with Crippen molar-refractivity contribution in [1.29, 1.82) is 0 Å². The normalized spacial score (nSPS) is 11.4.